The van der Waals surface area contributed by atoms with Gasteiger partial charge in [0.25, 0.3) is 5.91 Å². The molecule has 1 aromatic rings. The van der Waals surface area contributed by atoms with Crippen molar-refractivity contribution in [2.24, 2.45) is 0 Å². The van der Waals surface area contributed by atoms with Crippen molar-refractivity contribution in [3.8, 4) is 5.75 Å². The normalized spacial score (nSPS) is 10.3. The molecule has 0 atom stereocenters. The quantitative estimate of drug-likeness (QED) is 0.590. The number of esters is 1. The predicted molar refractivity (Wildman–Crippen MR) is 80.2 cm³/mol. The van der Waals surface area contributed by atoms with Gasteiger partial charge in [-0.1, -0.05) is 13.8 Å². The maximum atomic E-state index is 11.8. The highest BCUT2D eigenvalue weighted by Gasteiger charge is 2.15. The lowest BCUT2D eigenvalue weighted by Gasteiger charge is -2.15. The molecule has 0 aromatic heterocycles. The van der Waals surface area contributed by atoms with Crippen LogP contribution in [0.1, 0.15) is 37.0 Å². The van der Waals surface area contributed by atoms with Crippen molar-refractivity contribution in [2.45, 2.75) is 32.7 Å². The van der Waals surface area contributed by atoms with Gasteiger partial charge in [-0.3, -0.25) is 4.79 Å². The summed E-state index contributed by atoms with van der Waals surface area (Å²) in [6.45, 7) is 3.83. The van der Waals surface area contributed by atoms with Gasteiger partial charge in [0.15, 0.2) is 6.61 Å². The molecule has 0 radical (unpaired) electrons. The number of methoxy groups -OCH3 is 1. The molecule has 1 aromatic carbocycles. The largest absolute Gasteiger partial charge is 0.483 e. The van der Waals surface area contributed by atoms with E-state index in [-0.39, 0.29) is 29.9 Å². The Kier molecular flexibility index (Phi) is 6.52. The van der Waals surface area contributed by atoms with Gasteiger partial charge in [0, 0.05) is 17.8 Å². The number of hydrogen-bond acceptors (Lipinski definition) is 5. The van der Waals surface area contributed by atoms with E-state index in [0.717, 1.165) is 12.8 Å². The lowest BCUT2D eigenvalue weighted by molar-refractivity contribution is -0.123. The number of ether oxygens (including phenoxy) is 2. The molecule has 6 nitrogen and oxygen atoms in total. The highest BCUT2D eigenvalue weighted by molar-refractivity contribution is 5.93. The van der Waals surface area contributed by atoms with Crippen LogP contribution in [0.4, 0.5) is 5.69 Å². The van der Waals surface area contributed by atoms with Crippen LogP contribution in [0.3, 0.4) is 0 Å². The maximum absolute atomic E-state index is 11.8. The van der Waals surface area contributed by atoms with Crippen LogP contribution in [0, 0.1) is 0 Å². The molecule has 0 aliphatic carbocycles. The zero-order valence-corrected chi connectivity index (χ0v) is 12.6. The van der Waals surface area contributed by atoms with E-state index in [4.69, 9.17) is 10.5 Å². The molecule has 0 saturated heterocycles. The van der Waals surface area contributed by atoms with Gasteiger partial charge in [-0.05, 0) is 25.0 Å². The van der Waals surface area contributed by atoms with Gasteiger partial charge in [-0.15, -0.1) is 0 Å². The van der Waals surface area contributed by atoms with Crippen molar-refractivity contribution in [2.75, 3.05) is 19.5 Å². The summed E-state index contributed by atoms with van der Waals surface area (Å²) in [6.07, 6.45) is 1.71. The molecular weight excluding hydrogens is 272 g/mol. The van der Waals surface area contributed by atoms with Gasteiger partial charge in [0.1, 0.15) is 11.3 Å². The summed E-state index contributed by atoms with van der Waals surface area (Å²) < 4.78 is 10.1. The maximum Gasteiger partial charge on any atom is 0.341 e. The number of carbonyl (C=O) groups is 2. The molecule has 0 fully saturated rings. The van der Waals surface area contributed by atoms with E-state index in [9.17, 15) is 9.59 Å². The molecule has 116 valence electrons. The highest BCUT2D eigenvalue weighted by atomic mass is 16.5. The average molecular weight is 294 g/mol. The van der Waals surface area contributed by atoms with E-state index < -0.39 is 5.97 Å². The zero-order valence-electron chi connectivity index (χ0n) is 12.6. The Hall–Kier alpha value is -2.24. The topological polar surface area (TPSA) is 90.6 Å². The minimum absolute atomic E-state index is 0.127. The predicted octanol–water partition coefficient (Wildman–Crippen LogP) is 1.74. The summed E-state index contributed by atoms with van der Waals surface area (Å²) in [5, 5.41) is 2.85. The second kappa shape index (κ2) is 8.14. The first-order chi connectivity index (χ1) is 10.0. The van der Waals surface area contributed by atoms with E-state index in [1.54, 1.807) is 6.07 Å². The Labute approximate surface area is 124 Å². The van der Waals surface area contributed by atoms with Gasteiger partial charge >= 0.3 is 5.97 Å². The van der Waals surface area contributed by atoms with E-state index in [1.807, 2.05) is 13.8 Å². The first-order valence-electron chi connectivity index (χ1n) is 6.91. The molecule has 1 rings (SSSR count). The van der Waals surface area contributed by atoms with E-state index in [1.165, 1.54) is 19.2 Å². The number of rotatable bonds is 7. The fourth-order valence-corrected chi connectivity index (χ4v) is 1.84. The molecule has 6 heteroatoms. The highest BCUT2D eigenvalue weighted by Crippen LogP contribution is 2.22. The van der Waals surface area contributed by atoms with Crippen molar-refractivity contribution in [1.29, 1.82) is 0 Å². The Morgan fingerprint density at radius 3 is 2.52 bits per heavy atom. The number of carbonyl (C=O) groups excluding carboxylic acids is 2. The SMILES string of the molecule is CCC(CC)NC(=O)COc1cc(N)ccc1C(=O)OC. The monoisotopic (exact) mass is 294 g/mol. The lowest BCUT2D eigenvalue weighted by Crippen LogP contribution is -2.37. The van der Waals surface area contributed by atoms with Crippen LogP contribution in [-0.2, 0) is 9.53 Å². The minimum Gasteiger partial charge on any atom is -0.483 e. The number of nitrogens with one attached hydrogen (secondary N) is 1. The molecule has 1 amide bonds. The summed E-state index contributed by atoms with van der Waals surface area (Å²) in [5.74, 6) is -0.533. The fraction of sp³-hybridized carbons (Fsp3) is 0.467. The fourth-order valence-electron chi connectivity index (χ4n) is 1.84. The van der Waals surface area contributed by atoms with Gasteiger partial charge in [-0.2, -0.15) is 0 Å². The van der Waals surface area contributed by atoms with Gasteiger partial charge in [-0.25, -0.2) is 4.79 Å². The third-order valence-electron chi connectivity index (χ3n) is 3.12. The molecule has 0 aliphatic heterocycles. The molecule has 0 bridgehead atoms. The number of nitrogen functional groups attached to an aromatic ring is 1. The molecule has 21 heavy (non-hydrogen) atoms. The Morgan fingerprint density at radius 2 is 1.95 bits per heavy atom. The van der Waals surface area contributed by atoms with Crippen LogP contribution >= 0.6 is 0 Å². The van der Waals surface area contributed by atoms with E-state index >= 15 is 0 Å². The summed E-state index contributed by atoms with van der Waals surface area (Å²) in [4.78, 5) is 23.4. The van der Waals surface area contributed by atoms with Crippen LogP contribution in [0.25, 0.3) is 0 Å². The molecule has 0 spiro atoms. The van der Waals surface area contributed by atoms with Crippen molar-refractivity contribution in [3.05, 3.63) is 23.8 Å². The lowest BCUT2D eigenvalue weighted by atomic mass is 10.2. The molecule has 0 aliphatic rings. The van der Waals surface area contributed by atoms with Gasteiger partial charge < -0.3 is 20.5 Å². The number of amides is 1. The minimum atomic E-state index is -0.537. The van der Waals surface area contributed by atoms with Gasteiger partial charge in [0.05, 0.1) is 7.11 Å². The second-order valence-corrected chi connectivity index (χ2v) is 4.62. The number of nitrogens with two attached hydrogens (primary N) is 1. The Balaban J connectivity index is 2.72. The van der Waals surface area contributed by atoms with Gasteiger partial charge in [0.2, 0.25) is 0 Å². The third kappa shape index (κ3) is 4.98. The third-order valence-corrected chi connectivity index (χ3v) is 3.12. The van der Waals surface area contributed by atoms with Crippen molar-refractivity contribution >= 4 is 17.6 Å². The van der Waals surface area contributed by atoms with Crippen LogP contribution < -0.4 is 15.8 Å². The Morgan fingerprint density at radius 1 is 1.29 bits per heavy atom. The van der Waals surface area contributed by atoms with Crippen LogP contribution in [-0.4, -0.2) is 31.6 Å². The molecular formula is C15H22N2O4. The Bertz CT molecular complexity index is 498. The van der Waals surface area contributed by atoms with Crippen molar-refractivity contribution in [1.82, 2.24) is 5.32 Å². The second-order valence-electron chi connectivity index (χ2n) is 4.62. The molecule has 3 N–H and O–H groups in total. The zero-order chi connectivity index (χ0) is 15.8. The molecule has 0 saturated carbocycles. The van der Waals surface area contributed by atoms with Crippen molar-refractivity contribution in [3.63, 3.8) is 0 Å². The van der Waals surface area contributed by atoms with Crippen LogP contribution in [0.2, 0.25) is 0 Å². The summed E-state index contributed by atoms with van der Waals surface area (Å²) in [6, 6.07) is 4.71. The first kappa shape index (κ1) is 16.8. The molecule has 0 heterocycles. The number of benzene rings is 1. The number of anilines is 1. The van der Waals surface area contributed by atoms with Crippen LogP contribution in [0.5, 0.6) is 5.75 Å². The standard InChI is InChI=1S/C15H22N2O4/c1-4-11(5-2)17-14(18)9-21-13-8-10(16)6-7-12(13)15(19)20-3/h6-8,11H,4-5,9,16H2,1-3H3,(H,17,18). The first-order valence-corrected chi connectivity index (χ1v) is 6.91. The molecule has 0 unspecified atom stereocenters. The average Bonchev–Trinajstić information content (AvgIpc) is 2.49. The number of hydrogen-bond donors (Lipinski definition) is 2. The van der Waals surface area contributed by atoms with E-state index in [0.29, 0.717) is 5.69 Å². The smallest absolute Gasteiger partial charge is 0.341 e. The van der Waals surface area contributed by atoms with Crippen LogP contribution in [0.15, 0.2) is 18.2 Å². The summed E-state index contributed by atoms with van der Waals surface area (Å²) in [5.41, 5.74) is 6.35. The summed E-state index contributed by atoms with van der Waals surface area (Å²) in [7, 11) is 1.28. The summed E-state index contributed by atoms with van der Waals surface area (Å²) >= 11 is 0. The van der Waals surface area contributed by atoms with E-state index in [2.05, 4.69) is 10.1 Å². The van der Waals surface area contributed by atoms with Crippen molar-refractivity contribution < 1.29 is 19.1 Å².